The Bertz CT molecular complexity index is 943. The average molecular weight is 423 g/mol. The maximum Gasteiger partial charge on any atom is 0.130 e. The van der Waals surface area contributed by atoms with Gasteiger partial charge in [0, 0.05) is 5.41 Å². The summed E-state index contributed by atoms with van der Waals surface area (Å²) in [5.74, 6) is 2.54. The summed E-state index contributed by atoms with van der Waals surface area (Å²) in [5.41, 5.74) is 5.65. The van der Waals surface area contributed by atoms with Crippen LogP contribution in [0.3, 0.4) is 0 Å². The fraction of sp³-hybridized carbons (Fsp3) is 0.571. The zero-order valence-corrected chi connectivity index (χ0v) is 20.2. The van der Waals surface area contributed by atoms with Crippen LogP contribution in [0.25, 0.3) is 0 Å². The van der Waals surface area contributed by atoms with Gasteiger partial charge in [-0.05, 0) is 85.4 Å². The molecule has 2 aliphatic rings. The van der Waals surface area contributed by atoms with Crippen LogP contribution in [0.5, 0.6) is 11.5 Å². The molecular formula is C28H38O3. The van der Waals surface area contributed by atoms with Gasteiger partial charge in [-0.1, -0.05) is 45.9 Å². The molecule has 3 unspecified atom stereocenters. The third-order valence-electron chi connectivity index (χ3n) is 7.26. The molecule has 0 spiro atoms. The molecule has 1 saturated carbocycles. The normalized spacial score (nSPS) is 24.6. The van der Waals surface area contributed by atoms with Crippen LogP contribution in [-0.4, -0.2) is 19.3 Å². The predicted octanol–water partition coefficient (Wildman–Crippen LogP) is 7.15. The largest absolute Gasteiger partial charge is 0.489 e. The molecule has 1 aliphatic heterocycles. The number of ether oxygens (including phenoxy) is 3. The lowest BCUT2D eigenvalue weighted by molar-refractivity contribution is -0.172. The van der Waals surface area contributed by atoms with Gasteiger partial charge in [-0.25, -0.2) is 0 Å². The molecule has 168 valence electrons. The van der Waals surface area contributed by atoms with Crippen molar-refractivity contribution >= 4 is 0 Å². The van der Waals surface area contributed by atoms with Gasteiger partial charge in [-0.15, -0.1) is 0 Å². The highest BCUT2D eigenvalue weighted by molar-refractivity contribution is 5.40. The maximum absolute atomic E-state index is 6.20. The van der Waals surface area contributed by atoms with Gasteiger partial charge in [0.1, 0.15) is 24.2 Å². The zero-order valence-electron chi connectivity index (χ0n) is 20.2. The molecule has 0 bridgehead atoms. The van der Waals surface area contributed by atoms with Gasteiger partial charge in [0.25, 0.3) is 0 Å². The van der Waals surface area contributed by atoms with Crippen LogP contribution < -0.4 is 9.47 Å². The highest BCUT2D eigenvalue weighted by Gasteiger charge is 2.41. The van der Waals surface area contributed by atoms with Crippen molar-refractivity contribution in [2.45, 2.75) is 79.4 Å². The molecular weight excluding hydrogens is 384 g/mol. The Balaban J connectivity index is 1.34. The molecule has 1 heterocycles. The fourth-order valence-electron chi connectivity index (χ4n) is 5.01. The van der Waals surface area contributed by atoms with Crippen molar-refractivity contribution in [3.05, 3.63) is 58.7 Å². The van der Waals surface area contributed by atoms with Crippen molar-refractivity contribution in [2.24, 2.45) is 10.8 Å². The van der Waals surface area contributed by atoms with Crippen LogP contribution in [0.4, 0.5) is 0 Å². The SMILES string of the molecule is Cc1cc(C2CCC2(C)C)ccc1OCC(C)Oc1ccc(C2OCC2(C)C)cc1C. The minimum absolute atomic E-state index is 0.0365. The van der Waals surface area contributed by atoms with Crippen molar-refractivity contribution < 1.29 is 14.2 Å². The zero-order chi connectivity index (χ0) is 22.4. The second-order valence-electron chi connectivity index (χ2n) is 11.0. The Morgan fingerprint density at radius 1 is 0.935 bits per heavy atom. The van der Waals surface area contributed by atoms with E-state index in [0.717, 1.165) is 23.7 Å². The molecule has 0 N–H and O–H groups in total. The topological polar surface area (TPSA) is 27.7 Å². The summed E-state index contributed by atoms with van der Waals surface area (Å²) >= 11 is 0. The molecule has 0 radical (unpaired) electrons. The lowest BCUT2D eigenvalue weighted by Crippen LogP contribution is -2.40. The third kappa shape index (κ3) is 4.48. The molecule has 2 fully saturated rings. The van der Waals surface area contributed by atoms with Gasteiger partial charge in [0.05, 0.1) is 12.7 Å². The Morgan fingerprint density at radius 3 is 2.10 bits per heavy atom. The van der Waals surface area contributed by atoms with Gasteiger partial charge in [-0.3, -0.25) is 0 Å². The first-order valence-corrected chi connectivity index (χ1v) is 11.7. The van der Waals surface area contributed by atoms with E-state index in [4.69, 9.17) is 14.2 Å². The van der Waals surface area contributed by atoms with Crippen LogP contribution in [0.1, 0.15) is 81.7 Å². The molecule has 2 aromatic rings. The Hall–Kier alpha value is -2.00. The summed E-state index contributed by atoms with van der Waals surface area (Å²) in [5, 5.41) is 0. The monoisotopic (exact) mass is 422 g/mol. The highest BCUT2D eigenvalue weighted by atomic mass is 16.5. The van der Waals surface area contributed by atoms with Crippen molar-refractivity contribution in [1.82, 2.24) is 0 Å². The van der Waals surface area contributed by atoms with E-state index in [1.54, 1.807) is 0 Å². The van der Waals surface area contributed by atoms with E-state index >= 15 is 0 Å². The molecule has 1 saturated heterocycles. The average Bonchev–Trinajstić information content (AvgIpc) is 2.68. The molecule has 0 amide bonds. The quantitative estimate of drug-likeness (QED) is 0.474. The van der Waals surface area contributed by atoms with Crippen molar-refractivity contribution in [3.63, 3.8) is 0 Å². The fourth-order valence-corrected chi connectivity index (χ4v) is 5.01. The standard InChI is InChI=1S/C28H38O3/c1-18-14-21(23-12-13-27(23,4)5)8-10-24(18)29-16-20(3)31-25-11-9-22(15-19(25)2)26-28(6,7)17-30-26/h8-11,14-15,20,23,26H,12-13,16-17H2,1-7H3. The van der Waals surface area contributed by atoms with Crippen molar-refractivity contribution in [2.75, 3.05) is 13.2 Å². The van der Waals surface area contributed by atoms with Gasteiger partial charge in [0.15, 0.2) is 0 Å². The summed E-state index contributed by atoms with van der Waals surface area (Å²) < 4.78 is 18.1. The van der Waals surface area contributed by atoms with Crippen LogP contribution in [0.2, 0.25) is 0 Å². The molecule has 2 aromatic carbocycles. The van der Waals surface area contributed by atoms with Crippen LogP contribution in [0.15, 0.2) is 36.4 Å². The molecule has 31 heavy (non-hydrogen) atoms. The van der Waals surface area contributed by atoms with E-state index in [1.807, 2.05) is 0 Å². The first-order valence-electron chi connectivity index (χ1n) is 11.7. The summed E-state index contributed by atoms with van der Waals surface area (Å²) in [7, 11) is 0. The maximum atomic E-state index is 6.20. The van der Waals surface area contributed by atoms with E-state index in [-0.39, 0.29) is 17.6 Å². The molecule has 0 aromatic heterocycles. The summed E-state index contributed by atoms with van der Waals surface area (Å²) in [4.78, 5) is 0. The minimum atomic E-state index is -0.0365. The van der Waals surface area contributed by atoms with Crippen LogP contribution in [-0.2, 0) is 4.74 Å². The second kappa shape index (κ2) is 8.16. The molecule has 1 aliphatic carbocycles. The Morgan fingerprint density at radius 2 is 1.58 bits per heavy atom. The van der Waals surface area contributed by atoms with E-state index in [0.29, 0.717) is 17.9 Å². The van der Waals surface area contributed by atoms with Gasteiger partial charge >= 0.3 is 0 Å². The number of rotatable bonds is 7. The van der Waals surface area contributed by atoms with Crippen molar-refractivity contribution in [3.8, 4) is 11.5 Å². The van der Waals surface area contributed by atoms with Gasteiger partial charge in [0.2, 0.25) is 0 Å². The Labute approximate surface area is 188 Å². The highest BCUT2D eigenvalue weighted by Crippen LogP contribution is 2.52. The Kier molecular flexibility index (Phi) is 5.85. The first-order chi connectivity index (χ1) is 14.6. The van der Waals surface area contributed by atoms with E-state index in [9.17, 15) is 0 Å². The van der Waals surface area contributed by atoms with E-state index < -0.39 is 0 Å². The summed E-state index contributed by atoms with van der Waals surface area (Å²) in [6, 6.07) is 13.1. The van der Waals surface area contributed by atoms with Crippen LogP contribution in [0, 0.1) is 24.7 Å². The van der Waals surface area contributed by atoms with E-state index in [1.165, 1.54) is 29.5 Å². The number of hydrogen-bond donors (Lipinski definition) is 0. The van der Waals surface area contributed by atoms with E-state index in [2.05, 4.69) is 84.9 Å². The number of hydrogen-bond acceptors (Lipinski definition) is 3. The molecule has 4 rings (SSSR count). The second-order valence-corrected chi connectivity index (χ2v) is 11.0. The van der Waals surface area contributed by atoms with Gasteiger partial charge in [-0.2, -0.15) is 0 Å². The molecule has 3 atom stereocenters. The lowest BCUT2D eigenvalue weighted by atomic mass is 9.60. The van der Waals surface area contributed by atoms with Gasteiger partial charge < -0.3 is 14.2 Å². The van der Waals surface area contributed by atoms with Crippen LogP contribution >= 0.6 is 0 Å². The number of benzene rings is 2. The number of aryl methyl sites for hydroxylation is 2. The molecule has 3 heteroatoms. The minimum Gasteiger partial charge on any atom is -0.489 e. The van der Waals surface area contributed by atoms with Crippen molar-refractivity contribution in [1.29, 1.82) is 0 Å². The predicted molar refractivity (Wildman–Crippen MR) is 126 cm³/mol. The smallest absolute Gasteiger partial charge is 0.130 e. The summed E-state index contributed by atoms with van der Waals surface area (Å²) in [6.45, 7) is 16.9. The molecule has 3 nitrogen and oxygen atoms in total. The lowest BCUT2D eigenvalue weighted by Gasteiger charge is -2.45. The first kappa shape index (κ1) is 22.2. The summed E-state index contributed by atoms with van der Waals surface area (Å²) in [6.07, 6.45) is 2.75. The third-order valence-corrected chi connectivity index (χ3v) is 7.26.